The number of hydrogen-bond donors (Lipinski definition) is 2. The first kappa shape index (κ1) is 21.9. The van der Waals surface area contributed by atoms with Gasteiger partial charge in [-0.05, 0) is 55.7 Å². The molecule has 11 heteroatoms. The molecule has 6 nitrogen and oxygen atoms in total. The summed E-state index contributed by atoms with van der Waals surface area (Å²) in [5.74, 6) is -0.871. The quantitative estimate of drug-likeness (QED) is 0.639. The zero-order valence-corrected chi connectivity index (χ0v) is 17.3. The monoisotopic (exact) mass is 460 g/mol. The predicted molar refractivity (Wildman–Crippen MR) is 106 cm³/mol. The molecule has 0 spiro atoms. The van der Waals surface area contributed by atoms with Gasteiger partial charge >= 0.3 is 6.36 Å². The third-order valence-corrected chi connectivity index (χ3v) is 6.47. The largest absolute Gasteiger partial charge is 0.522 e. The molecule has 0 radical (unpaired) electrons. The fourth-order valence-corrected chi connectivity index (χ4v) is 5.09. The van der Waals surface area contributed by atoms with Crippen molar-refractivity contribution < 1.29 is 27.1 Å². The number of anilines is 2. The van der Waals surface area contributed by atoms with E-state index >= 15 is 0 Å². The molecule has 0 saturated heterocycles. The Labute approximate surface area is 180 Å². The summed E-state index contributed by atoms with van der Waals surface area (Å²) >= 11 is 5.77. The molecule has 4 rings (SSSR count). The van der Waals surface area contributed by atoms with Crippen molar-refractivity contribution in [1.29, 1.82) is 0 Å². The van der Waals surface area contributed by atoms with Gasteiger partial charge in [0.1, 0.15) is 17.2 Å². The number of aryl methyl sites for hydroxylation is 1. The van der Waals surface area contributed by atoms with Crippen LogP contribution in [0.1, 0.15) is 47.7 Å². The van der Waals surface area contributed by atoms with Crippen LogP contribution in [-0.2, 0) is 11.8 Å². The first-order chi connectivity index (χ1) is 14.5. The maximum atomic E-state index is 13.4. The summed E-state index contributed by atoms with van der Waals surface area (Å²) in [5.41, 5.74) is 7.14. The van der Waals surface area contributed by atoms with Gasteiger partial charge in [0.2, 0.25) is 0 Å². The van der Waals surface area contributed by atoms with Crippen molar-refractivity contribution in [3.63, 3.8) is 0 Å². The van der Waals surface area contributed by atoms with E-state index in [0.29, 0.717) is 37.1 Å². The summed E-state index contributed by atoms with van der Waals surface area (Å²) in [5, 5.41) is 6.96. The van der Waals surface area contributed by atoms with Crippen molar-refractivity contribution in [2.45, 2.75) is 44.1 Å². The van der Waals surface area contributed by atoms with Gasteiger partial charge < -0.3 is 11.1 Å². The minimum atomic E-state index is -4.63. The molecule has 1 aromatic heterocycles. The van der Waals surface area contributed by atoms with Crippen LogP contribution in [0.2, 0.25) is 5.02 Å². The summed E-state index contributed by atoms with van der Waals surface area (Å²) in [6.07, 6.45) is -3.57. The van der Waals surface area contributed by atoms with Crippen LogP contribution in [0, 0.1) is 17.7 Å². The number of nitrogen functional groups attached to an aromatic ring is 1. The number of alkyl halides is 3. The van der Waals surface area contributed by atoms with Crippen LogP contribution in [0.25, 0.3) is 0 Å². The van der Waals surface area contributed by atoms with E-state index < -0.39 is 24.2 Å². The second-order valence-electron chi connectivity index (χ2n) is 8.20. The molecule has 1 amide bonds. The lowest BCUT2D eigenvalue weighted by Gasteiger charge is -2.17. The summed E-state index contributed by atoms with van der Waals surface area (Å²) in [6, 6.07) is 3.82. The first-order valence-corrected chi connectivity index (χ1v) is 10.2. The molecule has 2 fully saturated rings. The van der Waals surface area contributed by atoms with Gasteiger partial charge in [0.25, 0.3) is 5.91 Å². The van der Waals surface area contributed by atoms with Gasteiger partial charge in [0, 0.05) is 18.7 Å². The lowest BCUT2D eigenvalue weighted by molar-refractivity contribution is -0.342. The number of rotatable bonds is 4. The van der Waals surface area contributed by atoms with E-state index in [1.165, 1.54) is 16.8 Å². The standard InChI is InChI=1S/C20H21ClF4N4O2/c1-29-18(26)16(19(30)27-12-2-3-15(22)14(21)8-12)17(28-29)11-4-9-6-13(7-10(9)5-11)31-20(23,24)25/h2-3,8-11,13H,4-7,26H2,1H3,(H,27,30). The second-order valence-corrected chi connectivity index (χ2v) is 8.60. The van der Waals surface area contributed by atoms with Crippen LogP contribution in [0.15, 0.2) is 18.2 Å². The van der Waals surface area contributed by atoms with Crippen LogP contribution < -0.4 is 11.1 Å². The number of halogens is 5. The van der Waals surface area contributed by atoms with Crippen LogP contribution in [0.3, 0.4) is 0 Å². The Morgan fingerprint density at radius 1 is 1.26 bits per heavy atom. The molecule has 1 heterocycles. The number of benzene rings is 1. The number of aromatic nitrogens is 2. The third-order valence-electron chi connectivity index (χ3n) is 6.18. The average Bonchev–Trinajstić information content (AvgIpc) is 3.28. The van der Waals surface area contributed by atoms with Gasteiger partial charge in [-0.25, -0.2) is 4.39 Å². The number of nitrogens with two attached hydrogens (primary N) is 1. The molecule has 0 bridgehead atoms. The topological polar surface area (TPSA) is 82.2 Å². The van der Waals surface area contributed by atoms with E-state index in [1.807, 2.05) is 0 Å². The van der Waals surface area contributed by atoms with E-state index in [2.05, 4.69) is 15.2 Å². The Kier molecular flexibility index (Phi) is 5.63. The van der Waals surface area contributed by atoms with Gasteiger partial charge in [-0.3, -0.25) is 14.2 Å². The summed E-state index contributed by atoms with van der Waals surface area (Å²) in [4.78, 5) is 13.0. The number of carbonyl (C=O) groups excluding carboxylic acids is 1. The molecule has 31 heavy (non-hydrogen) atoms. The summed E-state index contributed by atoms with van der Waals surface area (Å²) in [7, 11) is 1.62. The molecule has 2 aliphatic carbocycles. The number of amides is 1. The molecule has 2 saturated carbocycles. The van der Waals surface area contributed by atoms with E-state index in [9.17, 15) is 22.4 Å². The molecule has 2 aliphatic rings. The zero-order valence-electron chi connectivity index (χ0n) is 16.5. The maximum Gasteiger partial charge on any atom is 0.522 e. The van der Waals surface area contributed by atoms with Gasteiger partial charge in [0.15, 0.2) is 0 Å². The third kappa shape index (κ3) is 4.50. The molecule has 3 N–H and O–H groups in total. The van der Waals surface area contributed by atoms with E-state index in [4.69, 9.17) is 17.3 Å². The highest BCUT2D eigenvalue weighted by Gasteiger charge is 2.47. The number of carbonyl (C=O) groups is 1. The van der Waals surface area contributed by atoms with Gasteiger partial charge in [-0.1, -0.05) is 11.6 Å². The van der Waals surface area contributed by atoms with Crippen LogP contribution in [0.4, 0.5) is 29.1 Å². The highest BCUT2D eigenvalue weighted by molar-refractivity contribution is 6.31. The summed E-state index contributed by atoms with van der Waals surface area (Å²) in [6.45, 7) is 0. The fourth-order valence-electron chi connectivity index (χ4n) is 4.91. The van der Waals surface area contributed by atoms with Crippen LogP contribution in [0.5, 0.6) is 0 Å². The van der Waals surface area contributed by atoms with E-state index in [0.717, 1.165) is 6.07 Å². The number of fused-ring (bicyclic) bond motifs is 1. The first-order valence-electron chi connectivity index (χ1n) is 9.85. The van der Waals surface area contributed by atoms with Crippen molar-refractivity contribution in [2.24, 2.45) is 18.9 Å². The SMILES string of the molecule is Cn1nc(C2CC3CC(OC(F)(F)F)CC3C2)c(C(=O)Nc2ccc(F)c(Cl)c2)c1N. The fraction of sp³-hybridized carbons (Fsp3) is 0.500. The second kappa shape index (κ2) is 7.98. The molecule has 168 valence electrons. The molecular weight excluding hydrogens is 440 g/mol. The Bertz CT molecular complexity index is 996. The number of hydrogen-bond acceptors (Lipinski definition) is 4. The van der Waals surface area contributed by atoms with E-state index in [-0.39, 0.29) is 34.2 Å². The molecule has 2 atom stereocenters. The minimum absolute atomic E-state index is 0.0763. The Hall–Kier alpha value is -2.33. The van der Waals surface area contributed by atoms with Gasteiger partial charge in [-0.15, -0.1) is 13.2 Å². The smallest absolute Gasteiger partial charge is 0.383 e. The molecule has 2 unspecified atom stereocenters. The summed E-state index contributed by atoms with van der Waals surface area (Å²) < 4.78 is 56.5. The number of nitrogens with zero attached hydrogens (tertiary/aromatic N) is 2. The predicted octanol–water partition coefficient (Wildman–Crippen LogP) is 4.86. The lowest BCUT2D eigenvalue weighted by Crippen LogP contribution is -2.22. The highest BCUT2D eigenvalue weighted by atomic mass is 35.5. The molecular formula is C20H21ClF4N4O2. The minimum Gasteiger partial charge on any atom is -0.383 e. The normalized spacial score (nSPS) is 25.6. The Balaban J connectivity index is 1.50. The molecule has 0 aliphatic heterocycles. The van der Waals surface area contributed by atoms with E-state index in [1.54, 1.807) is 7.05 Å². The van der Waals surface area contributed by atoms with Crippen molar-refractivity contribution in [3.05, 3.63) is 40.3 Å². The molecule has 2 aromatic rings. The molecule has 1 aromatic carbocycles. The number of nitrogens with one attached hydrogen (secondary N) is 1. The highest BCUT2D eigenvalue weighted by Crippen LogP contribution is 2.52. The maximum absolute atomic E-state index is 13.4. The van der Waals surface area contributed by atoms with Gasteiger partial charge in [0.05, 0.1) is 16.8 Å². The zero-order chi connectivity index (χ0) is 22.5. The average molecular weight is 461 g/mol. The number of ether oxygens (including phenoxy) is 1. The van der Waals surface area contributed by atoms with Crippen LogP contribution in [-0.4, -0.2) is 28.2 Å². The van der Waals surface area contributed by atoms with Crippen LogP contribution >= 0.6 is 11.6 Å². The van der Waals surface area contributed by atoms with Crippen molar-refractivity contribution in [2.75, 3.05) is 11.1 Å². The lowest BCUT2D eigenvalue weighted by atomic mass is 9.95. The van der Waals surface area contributed by atoms with Crippen molar-refractivity contribution >= 4 is 29.0 Å². The van der Waals surface area contributed by atoms with Gasteiger partial charge in [-0.2, -0.15) is 5.10 Å². The van der Waals surface area contributed by atoms with Crippen molar-refractivity contribution in [3.8, 4) is 0 Å². The Morgan fingerprint density at radius 2 is 1.90 bits per heavy atom. The van der Waals surface area contributed by atoms with Crippen molar-refractivity contribution in [1.82, 2.24) is 9.78 Å². The Morgan fingerprint density at radius 3 is 2.48 bits per heavy atom.